The average Bonchev–Trinajstić information content (AvgIpc) is 2.54. The normalized spacial score (nSPS) is 12.7. The third kappa shape index (κ3) is 11.0. The van der Waals surface area contributed by atoms with E-state index < -0.39 is 7.60 Å². The largest absolute Gasteiger partial charge is 0.364 e. The Morgan fingerprint density at radius 2 is 1.69 bits per heavy atom. The van der Waals surface area contributed by atoms with Gasteiger partial charge in [-0.1, -0.05) is 41.5 Å². The van der Waals surface area contributed by atoms with Crippen molar-refractivity contribution in [3.05, 3.63) is 52.1 Å². The first kappa shape index (κ1) is 25.8. The van der Waals surface area contributed by atoms with Crippen molar-refractivity contribution in [3.8, 4) is 0 Å². The zero-order chi connectivity index (χ0) is 22.0. The molecule has 0 aromatic heterocycles. The van der Waals surface area contributed by atoms with Crippen LogP contribution >= 0.6 is 7.60 Å². The van der Waals surface area contributed by atoms with Crippen LogP contribution in [0.15, 0.2) is 35.4 Å². The molecule has 0 bridgehead atoms. The molecule has 164 valence electrons. The molecule has 0 saturated heterocycles. The smallest absolute Gasteiger partial charge is 0.356 e. The van der Waals surface area contributed by atoms with E-state index in [4.69, 9.17) is 13.8 Å². The van der Waals surface area contributed by atoms with E-state index in [0.717, 1.165) is 24.0 Å². The van der Waals surface area contributed by atoms with E-state index in [2.05, 4.69) is 58.0 Å². The summed E-state index contributed by atoms with van der Waals surface area (Å²) in [5, 5.41) is 0. The van der Waals surface area contributed by atoms with Gasteiger partial charge in [-0.25, -0.2) is 0 Å². The van der Waals surface area contributed by atoms with Gasteiger partial charge in [0.05, 0.1) is 18.8 Å². The van der Waals surface area contributed by atoms with Gasteiger partial charge in [0.25, 0.3) is 0 Å². The molecular formula is C24H39O4P. The third-order valence-electron chi connectivity index (χ3n) is 4.12. The van der Waals surface area contributed by atoms with Gasteiger partial charge in [0.1, 0.15) is 6.35 Å². The lowest BCUT2D eigenvalue weighted by molar-refractivity contribution is 0.0929. The molecule has 0 radical (unpaired) electrons. The van der Waals surface area contributed by atoms with Gasteiger partial charge < -0.3 is 13.8 Å². The zero-order valence-electron chi connectivity index (χ0n) is 19.5. The minimum atomic E-state index is -3.27. The monoisotopic (exact) mass is 422 g/mol. The average molecular weight is 423 g/mol. The summed E-state index contributed by atoms with van der Waals surface area (Å²) < 4.78 is 29.6. The highest BCUT2D eigenvalue weighted by molar-refractivity contribution is 7.53. The molecule has 0 amide bonds. The molecule has 0 aliphatic carbocycles. The molecular weight excluding hydrogens is 383 g/mol. The Labute approximate surface area is 177 Å². The van der Waals surface area contributed by atoms with Crippen molar-refractivity contribution in [2.45, 2.75) is 87.0 Å². The molecule has 1 rings (SSSR count). The molecule has 1 aromatic rings. The number of rotatable bonds is 12. The van der Waals surface area contributed by atoms with Crippen LogP contribution in [0.2, 0.25) is 0 Å². The topological polar surface area (TPSA) is 44.8 Å². The maximum Gasteiger partial charge on any atom is 0.356 e. The maximum atomic E-state index is 12.8. The third-order valence-corrected chi connectivity index (χ3v) is 6.11. The SMILES string of the molecule is CC(C)=CCC/C(C)=C/c1ccc(COCP(=O)(OC(C)C)OC(C)C)c(C)c1. The van der Waals surface area contributed by atoms with Crippen molar-refractivity contribution in [2.24, 2.45) is 0 Å². The summed E-state index contributed by atoms with van der Waals surface area (Å²) >= 11 is 0. The molecule has 0 heterocycles. The minimum Gasteiger partial charge on any atom is -0.364 e. The van der Waals surface area contributed by atoms with Crippen LogP contribution in [-0.4, -0.2) is 18.6 Å². The predicted octanol–water partition coefficient (Wildman–Crippen LogP) is 7.66. The molecule has 0 fully saturated rings. The second kappa shape index (κ2) is 12.5. The first-order chi connectivity index (χ1) is 13.5. The summed E-state index contributed by atoms with van der Waals surface area (Å²) in [5.74, 6) is 0. The van der Waals surface area contributed by atoms with Gasteiger partial charge in [-0.15, -0.1) is 0 Å². The van der Waals surface area contributed by atoms with Crippen LogP contribution in [0.5, 0.6) is 0 Å². The van der Waals surface area contributed by atoms with E-state index >= 15 is 0 Å². The molecule has 29 heavy (non-hydrogen) atoms. The number of allylic oxidation sites excluding steroid dienone is 3. The van der Waals surface area contributed by atoms with Gasteiger partial charge in [-0.2, -0.15) is 0 Å². The van der Waals surface area contributed by atoms with Crippen LogP contribution in [-0.2, 0) is 25.0 Å². The predicted molar refractivity (Wildman–Crippen MR) is 123 cm³/mol. The van der Waals surface area contributed by atoms with Crippen molar-refractivity contribution in [3.63, 3.8) is 0 Å². The Morgan fingerprint density at radius 3 is 2.21 bits per heavy atom. The molecule has 0 atom stereocenters. The fourth-order valence-electron chi connectivity index (χ4n) is 2.91. The molecule has 0 unspecified atom stereocenters. The van der Waals surface area contributed by atoms with Gasteiger partial charge in [-0.05, 0) is 84.9 Å². The van der Waals surface area contributed by atoms with Crippen LogP contribution < -0.4 is 0 Å². The quantitative estimate of drug-likeness (QED) is 0.256. The van der Waals surface area contributed by atoms with E-state index in [1.54, 1.807) is 0 Å². The minimum absolute atomic E-state index is 0.0477. The highest BCUT2D eigenvalue weighted by Crippen LogP contribution is 2.50. The van der Waals surface area contributed by atoms with Crippen molar-refractivity contribution in [1.82, 2.24) is 0 Å². The lowest BCUT2D eigenvalue weighted by Gasteiger charge is -2.22. The van der Waals surface area contributed by atoms with Crippen molar-refractivity contribution >= 4 is 13.7 Å². The van der Waals surface area contributed by atoms with E-state index in [1.807, 2.05) is 27.7 Å². The van der Waals surface area contributed by atoms with Gasteiger partial charge in [0.15, 0.2) is 0 Å². The lowest BCUT2D eigenvalue weighted by atomic mass is 10.0. The second-order valence-corrected chi connectivity index (χ2v) is 10.3. The summed E-state index contributed by atoms with van der Waals surface area (Å²) in [6.45, 7) is 16.3. The van der Waals surface area contributed by atoms with Crippen LogP contribution in [0.4, 0.5) is 0 Å². The second-order valence-electron chi connectivity index (χ2n) is 8.39. The van der Waals surface area contributed by atoms with E-state index in [0.29, 0.717) is 6.61 Å². The Kier molecular flexibility index (Phi) is 11.1. The van der Waals surface area contributed by atoms with Gasteiger partial charge >= 0.3 is 7.60 Å². The zero-order valence-corrected chi connectivity index (χ0v) is 20.3. The summed E-state index contributed by atoms with van der Waals surface area (Å²) in [7, 11) is -3.27. The number of ether oxygens (including phenoxy) is 1. The Morgan fingerprint density at radius 1 is 1.07 bits per heavy atom. The van der Waals surface area contributed by atoms with Crippen LogP contribution in [0.25, 0.3) is 6.08 Å². The van der Waals surface area contributed by atoms with Crippen LogP contribution in [0.3, 0.4) is 0 Å². The highest BCUT2D eigenvalue weighted by Gasteiger charge is 2.28. The van der Waals surface area contributed by atoms with Gasteiger partial charge in [0, 0.05) is 0 Å². The van der Waals surface area contributed by atoms with Gasteiger partial charge in [0.2, 0.25) is 0 Å². The van der Waals surface area contributed by atoms with E-state index in [-0.39, 0.29) is 18.6 Å². The van der Waals surface area contributed by atoms with Crippen molar-refractivity contribution < 1.29 is 18.3 Å². The molecule has 0 N–H and O–H groups in total. The standard InChI is InChI=1S/C24H39O4P/c1-18(2)10-9-11-21(7)14-23-12-13-24(22(8)15-23)16-26-17-29(25,27-19(3)4)28-20(5)6/h10,12-15,19-20H,9,11,16-17H2,1-8H3/b21-14+. The Balaban J connectivity index is 2.70. The Hall–Kier alpha value is -1.19. The van der Waals surface area contributed by atoms with E-state index in [9.17, 15) is 4.57 Å². The molecule has 0 aliphatic heterocycles. The first-order valence-corrected chi connectivity index (χ1v) is 12.2. The fraction of sp³-hybridized carbons (Fsp3) is 0.583. The summed E-state index contributed by atoms with van der Waals surface area (Å²) in [4.78, 5) is 0. The van der Waals surface area contributed by atoms with Crippen LogP contribution in [0.1, 0.15) is 78.0 Å². The molecule has 0 aliphatic rings. The number of benzene rings is 1. The maximum absolute atomic E-state index is 12.8. The Bertz CT molecular complexity index is 729. The number of hydrogen-bond donors (Lipinski definition) is 0. The molecule has 0 spiro atoms. The summed E-state index contributed by atoms with van der Waals surface area (Å²) in [5.41, 5.74) is 6.15. The molecule has 1 aromatic carbocycles. The summed E-state index contributed by atoms with van der Waals surface area (Å²) in [6, 6.07) is 6.34. The van der Waals surface area contributed by atoms with Crippen LogP contribution in [0, 0.1) is 6.92 Å². The molecule has 5 heteroatoms. The lowest BCUT2D eigenvalue weighted by Crippen LogP contribution is -2.12. The summed E-state index contributed by atoms with van der Waals surface area (Å²) in [6.07, 6.45) is 6.23. The van der Waals surface area contributed by atoms with Gasteiger partial charge in [-0.3, -0.25) is 4.57 Å². The van der Waals surface area contributed by atoms with E-state index in [1.165, 1.54) is 16.7 Å². The molecule has 4 nitrogen and oxygen atoms in total. The van der Waals surface area contributed by atoms with Crippen molar-refractivity contribution in [2.75, 3.05) is 6.35 Å². The number of aryl methyl sites for hydroxylation is 1. The highest BCUT2D eigenvalue weighted by atomic mass is 31.2. The molecule has 0 saturated carbocycles. The number of hydrogen-bond acceptors (Lipinski definition) is 4. The van der Waals surface area contributed by atoms with Crippen molar-refractivity contribution in [1.29, 1.82) is 0 Å². The fourth-order valence-corrected chi connectivity index (χ4v) is 4.68. The first-order valence-electron chi connectivity index (χ1n) is 10.4.